The van der Waals surface area contributed by atoms with Crippen molar-refractivity contribution in [1.29, 1.82) is 0 Å². The van der Waals surface area contributed by atoms with Gasteiger partial charge in [-0.2, -0.15) is 0 Å². The molecule has 0 heterocycles. The van der Waals surface area contributed by atoms with Gasteiger partial charge in [0.05, 0.1) is 11.3 Å². The van der Waals surface area contributed by atoms with Crippen molar-refractivity contribution in [2.75, 3.05) is 11.9 Å². The molecule has 0 unspecified atom stereocenters. The molecule has 2 amide bonds. The summed E-state index contributed by atoms with van der Waals surface area (Å²) >= 11 is 0. The second-order valence-electron chi connectivity index (χ2n) is 6.60. The van der Waals surface area contributed by atoms with E-state index in [-0.39, 0.29) is 11.8 Å². The maximum atomic E-state index is 12.6. The van der Waals surface area contributed by atoms with E-state index in [1.807, 2.05) is 32.0 Å². The van der Waals surface area contributed by atoms with Crippen LogP contribution in [0.2, 0.25) is 0 Å². The van der Waals surface area contributed by atoms with Crippen LogP contribution in [0.15, 0.2) is 42.5 Å². The summed E-state index contributed by atoms with van der Waals surface area (Å²) in [5.41, 5.74) is 3.04. The third-order valence-electron chi connectivity index (χ3n) is 4.47. The lowest BCUT2D eigenvalue weighted by Gasteiger charge is -2.18. The van der Waals surface area contributed by atoms with E-state index in [4.69, 9.17) is 4.74 Å². The van der Waals surface area contributed by atoms with Crippen LogP contribution in [0.1, 0.15) is 48.2 Å². The van der Waals surface area contributed by atoms with Gasteiger partial charge in [-0.15, -0.1) is 0 Å². The van der Waals surface area contributed by atoms with Crippen molar-refractivity contribution in [3.05, 3.63) is 59.2 Å². The summed E-state index contributed by atoms with van der Waals surface area (Å²) in [6, 6.07) is 12.7. The highest BCUT2D eigenvalue weighted by atomic mass is 16.5. The lowest BCUT2D eigenvalue weighted by atomic mass is 10.1. The largest absolute Gasteiger partial charge is 0.481 e. The zero-order chi connectivity index (χ0) is 19.8. The summed E-state index contributed by atoms with van der Waals surface area (Å²) in [6.45, 7) is 8.34. The van der Waals surface area contributed by atoms with Crippen LogP contribution in [0.3, 0.4) is 0 Å². The van der Waals surface area contributed by atoms with Gasteiger partial charge in [-0.05, 0) is 56.5 Å². The molecule has 0 aromatic heterocycles. The Labute approximate surface area is 161 Å². The number of aryl methyl sites for hydroxylation is 1. The number of rotatable bonds is 8. The summed E-state index contributed by atoms with van der Waals surface area (Å²) < 4.78 is 5.83. The highest BCUT2D eigenvalue weighted by Crippen LogP contribution is 2.22. The molecule has 0 saturated heterocycles. The lowest BCUT2D eigenvalue weighted by molar-refractivity contribution is -0.122. The second-order valence-corrected chi connectivity index (χ2v) is 6.60. The first-order chi connectivity index (χ1) is 12.9. The number of hydrogen-bond acceptors (Lipinski definition) is 3. The molecule has 2 aromatic carbocycles. The van der Waals surface area contributed by atoms with Crippen molar-refractivity contribution in [1.82, 2.24) is 5.32 Å². The number of benzene rings is 2. The Morgan fingerprint density at radius 2 is 1.81 bits per heavy atom. The molecule has 144 valence electrons. The van der Waals surface area contributed by atoms with E-state index in [0.717, 1.165) is 24.0 Å². The zero-order valence-corrected chi connectivity index (χ0v) is 16.5. The summed E-state index contributed by atoms with van der Waals surface area (Å²) in [5.74, 6) is 0.190. The summed E-state index contributed by atoms with van der Waals surface area (Å²) in [6.07, 6.45) is 1.23. The normalized spacial score (nSPS) is 11.6. The van der Waals surface area contributed by atoms with Crippen molar-refractivity contribution in [2.45, 2.75) is 46.6 Å². The van der Waals surface area contributed by atoms with E-state index < -0.39 is 6.10 Å². The van der Waals surface area contributed by atoms with Crippen LogP contribution in [-0.4, -0.2) is 24.5 Å². The molecule has 2 aromatic rings. The molecule has 0 aliphatic rings. The Morgan fingerprint density at radius 3 is 2.56 bits per heavy atom. The van der Waals surface area contributed by atoms with Crippen LogP contribution in [-0.2, 0) is 4.79 Å². The van der Waals surface area contributed by atoms with Crippen LogP contribution in [0.4, 0.5) is 5.69 Å². The number of unbranched alkanes of at least 4 members (excludes halogenated alkanes) is 1. The Balaban J connectivity index is 2.06. The molecular formula is C22H28N2O3. The molecule has 0 radical (unpaired) electrons. The number of hydrogen-bond donors (Lipinski definition) is 2. The zero-order valence-electron chi connectivity index (χ0n) is 16.5. The molecule has 0 aliphatic heterocycles. The maximum absolute atomic E-state index is 12.6. The standard InChI is InChI=1S/C22H28N2O3/c1-5-6-14-23-22(26)18-11-7-8-12-19(18)24-21(25)17(4)27-20-13-9-10-15(2)16(20)3/h7-13,17H,5-6,14H2,1-4H3,(H,23,26)(H,24,25)/t17-/m1/s1. The fraction of sp³-hybridized carbons (Fsp3) is 0.364. The molecule has 5 nitrogen and oxygen atoms in total. The number of nitrogens with one attached hydrogen (secondary N) is 2. The number of para-hydroxylation sites is 1. The average molecular weight is 368 g/mol. The molecule has 0 bridgehead atoms. The molecule has 27 heavy (non-hydrogen) atoms. The minimum atomic E-state index is -0.693. The molecule has 0 aliphatic carbocycles. The number of carbonyl (C=O) groups is 2. The van der Waals surface area contributed by atoms with E-state index in [1.165, 1.54) is 0 Å². The first-order valence-electron chi connectivity index (χ1n) is 9.35. The van der Waals surface area contributed by atoms with Gasteiger partial charge in [0.15, 0.2) is 6.10 Å². The van der Waals surface area contributed by atoms with Crippen molar-refractivity contribution in [2.24, 2.45) is 0 Å². The molecule has 0 saturated carbocycles. The number of anilines is 1. The van der Waals surface area contributed by atoms with Gasteiger partial charge in [-0.3, -0.25) is 9.59 Å². The Morgan fingerprint density at radius 1 is 1.07 bits per heavy atom. The van der Waals surface area contributed by atoms with Crippen molar-refractivity contribution >= 4 is 17.5 Å². The van der Waals surface area contributed by atoms with E-state index in [1.54, 1.807) is 31.2 Å². The van der Waals surface area contributed by atoms with Gasteiger partial charge in [-0.1, -0.05) is 37.6 Å². The van der Waals surface area contributed by atoms with Crippen molar-refractivity contribution < 1.29 is 14.3 Å². The van der Waals surface area contributed by atoms with Crippen LogP contribution < -0.4 is 15.4 Å². The predicted octanol–water partition coefficient (Wildman–Crippen LogP) is 4.24. The number of ether oxygens (including phenoxy) is 1. The highest BCUT2D eigenvalue weighted by Gasteiger charge is 2.19. The van der Waals surface area contributed by atoms with Gasteiger partial charge in [0.25, 0.3) is 11.8 Å². The van der Waals surface area contributed by atoms with Crippen LogP contribution in [0.25, 0.3) is 0 Å². The van der Waals surface area contributed by atoms with Crippen LogP contribution >= 0.6 is 0 Å². The molecule has 2 rings (SSSR count). The van der Waals surface area contributed by atoms with E-state index in [9.17, 15) is 9.59 Å². The minimum absolute atomic E-state index is 0.192. The Kier molecular flexibility index (Phi) is 7.41. The van der Waals surface area contributed by atoms with E-state index in [2.05, 4.69) is 17.6 Å². The highest BCUT2D eigenvalue weighted by molar-refractivity contribution is 6.04. The first-order valence-corrected chi connectivity index (χ1v) is 9.35. The molecule has 0 spiro atoms. The third kappa shape index (κ3) is 5.58. The van der Waals surface area contributed by atoms with Gasteiger partial charge in [-0.25, -0.2) is 0 Å². The van der Waals surface area contributed by atoms with Crippen molar-refractivity contribution in [3.8, 4) is 5.75 Å². The minimum Gasteiger partial charge on any atom is -0.481 e. The Hall–Kier alpha value is -2.82. The fourth-order valence-corrected chi connectivity index (χ4v) is 2.59. The van der Waals surface area contributed by atoms with Gasteiger partial charge in [0.2, 0.25) is 0 Å². The second kappa shape index (κ2) is 9.76. The number of carbonyl (C=O) groups excluding carboxylic acids is 2. The fourth-order valence-electron chi connectivity index (χ4n) is 2.59. The molecule has 1 atom stereocenters. The molecular weight excluding hydrogens is 340 g/mol. The molecule has 2 N–H and O–H groups in total. The van der Waals surface area contributed by atoms with Gasteiger partial charge in [0.1, 0.15) is 5.75 Å². The SMILES string of the molecule is CCCCNC(=O)c1ccccc1NC(=O)[C@@H](C)Oc1cccc(C)c1C. The Bertz CT molecular complexity index is 802. The smallest absolute Gasteiger partial charge is 0.265 e. The predicted molar refractivity (Wildman–Crippen MR) is 108 cm³/mol. The van der Waals surface area contributed by atoms with E-state index >= 15 is 0 Å². The number of amides is 2. The summed E-state index contributed by atoms with van der Waals surface area (Å²) in [4.78, 5) is 25.0. The summed E-state index contributed by atoms with van der Waals surface area (Å²) in [7, 11) is 0. The summed E-state index contributed by atoms with van der Waals surface area (Å²) in [5, 5.41) is 5.69. The van der Waals surface area contributed by atoms with Gasteiger partial charge in [0, 0.05) is 6.54 Å². The lowest BCUT2D eigenvalue weighted by Crippen LogP contribution is -2.32. The molecule has 5 heteroatoms. The quantitative estimate of drug-likeness (QED) is 0.685. The topological polar surface area (TPSA) is 67.4 Å². The maximum Gasteiger partial charge on any atom is 0.265 e. The first kappa shape index (κ1) is 20.5. The average Bonchev–Trinajstić information content (AvgIpc) is 2.66. The third-order valence-corrected chi connectivity index (χ3v) is 4.47. The van der Waals surface area contributed by atoms with Gasteiger partial charge < -0.3 is 15.4 Å². The van der Waals surface area contributed by atoms with Crippen LogP contribution in [0.5, 0.6) is 5.75 Å². The van der Waals surface area contributed by atoms with Gasteiger partial charge >= 0.3 is 0 Å². The molecule has 0 fully saturated rings. The monoisotopic (exact) mass is 368 g/mol. The van der Waals surface area contributed by atoms with Crippen molar-refractivity contribution in [3.63, 3.8) is 0 Å². The van der Waals surface area contributed by atoms with E-state index in [0.29, 0.717) is 23.5 Å². The van der Waals surface area contributed by atoms with Crippen LogP contribution in [0, 0.1) is 13.8 Å².